The monoisotopic (exact) mass is 490 g/mol. The predicted octanol–water partition coefficient (Wildman–Crippen LogP) is 5.11. The highest BCUT2D eigenvalue weighted by Crippen LogP contribution is 2.52. The molecule has 35 heavy (non-hydrogen) atoms. The van der Waals surface area contributed by atoms with E-state index in [0.29, 0.717) is 13.0 Å². The van der Waals surface area contributed by atoms with Gasteiger partial charge < -0.3 is 14.8 Å². The normalized spacial score (nSPS) is 21.1. The number of amides is 1. The molecule has 184 valence electrons. The van der Waals surface area contributed by atoms with Gasteiger partial charge in [0.15, 0.2) is 0 Å². The number of hydrogen-bond donors (Lipinski definition) is 1. The van der Waals surface area contributed by atoms with Crippen molar-refractivity contribution >= 4 is 17.2 Å². The Labute approximate surface area is 212 Å². The molecule has 1 spiro atoms. The fraction of sp³-hybridized carbons (Fsp3) is 0.414. The van der Waals surface area contributed by atoms with Crippen molar-refractivity contribution in [1.29, 1.82) is 0 Å². The summed E-state index contributed by atoms with van der Waals surface area (Å²) in [6.07, 6.45) is 2.35. The quantitative estimate of drug-likeness (QED) is 0.477. The van der Waals surface area contributed by atoms with Gasteiger partial charge in [-0.05, 0) is 73.1 Å². The molecule has 1 fully saturated rings. The van der Waals surface area contributed by atoms with Crippen LogP contribution in [0.5, 0.6) is 5.75 Å². The van der Waals surface area contributed by atoms with E-state index in [9.17, 15) is 4.79 Å². The highest BCUT2D eigenvalue weighted by atomic mass is 32.1. The van der Waals surface area contributed by atoms with Crippen molar-refractivity contribution in [3.63, 3.8) is 0 Å². The van der Waals surface area contributed by atoms with Crippen molar-refractivity contribution in [3.05, 3.63) is 87.6 Å². The minimum absolute atomic E-state index is 0.0537. The van der Waals surface area contributed by atoms with Crippen LogP contribution in [0.1, 0.15) is 47.4 Å². The third-order valence-electron chi connectivity index (χ3n) is 7.53. The maximum absolute atomic E-state index is 13.0. The second kappa shape index (κ2) is 10.5. The van der Waals surface area contributed by atoms with Crippen LogP contribution in [0.4, 0.5) is 0 Å². The lowest BCUT2D eigenvalue weighted by molar-refractivity contribution is -0.122. The molecule has 2 atom stereocenters. The first kappa shape index (κ1) is 24.0. The lowest BCUT2D eigenvalue weighted by Gasteiger charge is -2.44. The van der Waals surface area contributed by atoms with Crippen molar-refractivity contribution in [3.8, 4) is 5.75 Å². The number of methoxy groups -OCH3 is 1. The van der Waals surface area contributed by atoms with Crippen LogP contribution in [-0.4, -0.2) is 43.7 Å². The Bertz CT molecular complexity index is 1140. The third kappa shape index (κ3) is 4.88. The molecule has 1 aliphatic carbocycles. The summed E-state index contributed by atoms with van der Waals surface area (Å²) in [6.45, 7) is 5.59. The fourth-order valence-electron chi connectivity index (χ4n) is 5.99. The van der Waals surface area contributed by atoms with Crippen LogP contribution in [0, 0.1) is 0 Å². The Kier molecular flexibility index (Phi) is 7.23. The Balaban J connectivity index is 1.32. The summed E-state index contributed by atoms with van der Waals surface area (Å²) >= 11 is 1.62. The van der Waals surface area contributed by atoms with E-state index in [1.807, 2.05) is 30.5 Å². The molecule has 1 saturated heterocycles. The molecule has 1 aliphatic heterocycles. The molecule has 0 radical (unpaired) electrons. The van der Waals surface area contributed by atoms with Gasteiger partial charge in [0.1, 0.15) is 5.75 Å². The van der Waals surface area contributed by atoms with Crippen molar-refractivity contribution in [2.24, 2.45) is 0 Å². The number of hydrogen-bond acceptors (Lipinski definition) is 5. The smallest absolute Gasteiger partial charge is 0.225 e. The topological polar surface area (TPSA) is 50.8 Å². The fourth-order valence-corrected chi connectivity index (χ4v) is 6.69. The van der Waals surface area contributed by atoms with Crippen LogP contribution < -0.4 is 10.1 Å². The minimum atomic E-state index is -0.127. The molecule has 0 saturated carbocycles. The number of nitrogens with one attached hydrogen (secondary N) is 1. The molecule has 2 aromatic carbocycles. The molecular formula is C29H34N2O3S. The standard InChI is InChI=1S/C29H34N2O3S/c1-3-34-22-9-6-8-21(18-22)20-31-15-13-29(14-16-31)25-12-5-4-11-24(25)27(28(29)33-2)30-26(32)19-23-10-7-17-35-23/h4-12,17-18,27-28H,3,13-16,19-20H2,1-2H3,(H,30,32)/t27-,28+/m1/s1. The summed E-state index contributed by atoms with van der Waals surface area (Å²) in [6, 6.07) is 20.9. The lowest BCUT2D eigenvalue weighted by atomic mass is 9.72. The van der Waals surface area contributed by atoms with Crippen molar-refractivity contribution in [1.82, 2.24) is 10.2 Å². The Hall–Kier alpha value is -2.67. The van der Waals surface area contributed by atoms with Gasteiger partial charge in [0.25, 0.3) is 0 Å². The average molecular weight is 491 g/mol. The first-order valence-corrected chi connectivity index (χ1v) is 13.4. The van der Waals surface area contributed by atoms with Gasteiger partial charge in [0, 0.05) is 23.9 Å². The molecule has 5 nitrogen and oxygen atoms in total. The van der Waals surface area contributed by atoms with E-state index < -0.39 is 0 Å². The number of carbonyl (C=O) groups excluding carboxylic acids is 1. The van der Waals surface area contributed by atoms with Crippen LogP contribution in [0.15, 0.2) is 66.0 Å². The lowest BCUT2D eigenvalue weighted by Crippen LogP contribution is -2.50. The van der Waals surface area contributed by atoms with Crippen molar-refractivity contribution < 1.29 is 14.3 Å². The number of rotatable bonds is 8. The SMILES string of the molecule is CCOc1cccc(CN2CCC3(CC2)c2ccccc2[C@@H](NC(=O)Cc2cccs2)[C@@H]3OC)c1. The molecule has 0 unspecified atom stereocenters. The summed E-state index contributed by atoms with van der Waals surface area (Å²) < 4.78 is 11.9. The maximum Gasteiger partial charge on any atom is 0.225 e. The second-order valence-electron chi connectivity index (χ2n) is 9.56. The van der Waals surface area contributed by atoms with E-state index in [4.69, 9.17) is 9.47 Å². The number of nitrogens with zero attached hydrogens (tertiary/aromatic N) is 1. The summed E-state index contributed by atoms with van der Waals surface area (Å²) in [4.78, 5) is 16.6. The molecule has 5 rings (SSSR count). The van der Waals surface area contributed by atoms with Gasteiger partial charge in [-0.15, -0.1) is 11.3 Å². The summed E-state index contributed by atoms with van der Waals surface area (Å²) in [7, 11) is 1.79. The number of fused-ring (bicyclic) bond motifs is 2. The molecule has 0 bridgehead atoms. The van der Waals surface area contributed by atoms with Gasteiger partial charge in [-0.1, -0.05) is 42.5 Å². The third-order valence-corrected chi connectivity index (χ3v) is 8.41. The Morgan fingerprint density at radius 3 is 2.69 bits per heavy atom. The average Bonchev–Trinajstić information content (AvgIpc) is 3.46. The Morgan fingerprint density at radius 1 is 1.11 bits per heavy atom. The van der Waals surface area contributed by atoms with Crippen LogP contribution in [0.2, 0.25) is 0 Å². The first-order chi connectivity index (χ1) is 17.1. The molecule has 2 heterocycles. The molecule has 1 N–H and O–H groups in total. The van der Waals surface area contributed by atoms with Gasteiger partial charge in [-0.3, -0.25) is 9.69 Å². The van der Waals surface area contributed by atoms with E-state index in [2.05, 4.69) is 52.7 Å². The van der Waals surface area contributed by atoms with Gasteiger partial charge in [0.2, 0.25) is 5.91 Å². The Morgan fingerprint density at radius 2 is 1.94 bits per heavy atom. The van der Waals surface area contributed by atoms with E-state index in [1.165, 1.54) is 16.7 Å². The zero-order valence-electron chi connectivity index (χ0n) is 20.5. The number of thiophene rings is 1. The van der Waals surface area contributed by atoms with Gasteiger partial charge >= 0.3 is 0 Å². The molecule has 1 aromatic heterocycles. The van der Waals surface area contributed by atoms with Crippen LogP contribution in [-0.2, 0) is 27.9 Å². The second-order valence-corrected chi connectivity index (χ2v) is 10.6. The number of piperidine rings is 1. The molecule has 1 amide bonds. The minimum Gasteiger partial charge on any atom is -0.494 e. The molecule has 3 aromatic rings. The zero-order chi connectivity index (χ0) is 24.3. The number of likely N-dealkylation sites (tertiary alicyclic amines) is 1. The largest absolute Gasteiger partial charge is 0.494 e. The zero-order valence-corrected chi connectivity index (χ0v) is 21.4. The molecule has 2 aliphatic rings. The summed E-state index contributed by atoms with van der Waals surface area (Å²) in [5.74, 6) is 0.988. The highest BCUT2D eigenvalue weighted by Gasteiger charge is 2.53. The maximum atomic E-state index is 13.0. The number of ether oxygens (including phenoxy) is 2. The molecule has 6 heteroatoms. The van der Waals surface area contributed by atoms with E-state index in [-0.39, 0.29) is 23.5 Å². The van der Waals surface area contributed by atoms with Crippen molar-refractivity contribution in [2.45, 2.75) is 50.3 Å². The van der Waals surface area contributed by atoms with E-state index >= 15 is 0 Å². The van der Waals surface area contributed by atoms with Gasteiger partial charge in [0.05, 0.1) is 25.2 Å². The van der Waals surface area contributed by atoms with Crippen LogP contribution >= 0.6 is 11.3 Å². The summed E-state index contributed by atoms with van der Waals surface area (Å²) in [5, 5.41) is 5.35. The van der Waals surface area contributed by atoms with Crippen LogP contribution in [0.3, 0.4) is 0 Å². The van der Waals surface area contributed by atoms with E-state index in [0.717, 1.165) is 43.1 Å². The predicted molar refractivity (Wildman–Crippen MR) is 140 cm³/mol. The van der Waals surface area contributed by atoms with Crippen LogP contribution in [0.25, 0.3) is 0 Å². The van der Waals surface area contributed by atoms with Gasteiger partial charge in [-0.2, -0.15) is 0 Å². The highest BCUT2D eigenvalue weighted by molar-refractivity contribution is 7.10. The molecular weight excluding hydrogens is 456 g/mol. The first-order valence-electron chi connectivity index (χ1n) is 12.5. The van der Waals surface area contributed by atoms with E-state index in [1.54, 1.807) is 18.4 Å². The van der Waals surface area contributed by atoms with Crippen molar-refractivity contribution in [2.75, 3.05) is 26.8 Å². The summed E-state index contributed by atoms with van der Waals surface area (Å²) in [5.41, 5.74) is 3.74. The van der Waals surface area contributed by atoms with Gasteiger partial charge in [-0.25, -0.2) is 0 Å². The number of benzene rings is 2. The number of carbonyl (C=O) groups is 1.